The third kappa shape index (κ3) is 5.02. The van der Waals surface area contributed by atoms with Crippen molar-refractivity contribution in [3.8, 4) is 0 Å². The van der Waals surface area contributed by atoms with Crippen LogP contribution in [-0.4, -0.2) is 38.3 Å². The smallest absolute Gasteiger partial charge is 0.262 e. The van der Waals surface area contributed by atoms with Crippen molar-refractivity contribution in [3.63, 3.8) is 0 Å². The minimum atomic E-state index is -3.74. The summed E-state index contributed by atoms with van der Waals surface area (Å²) in [6.45, 7) is 0.695. The molecule has 3 aromatic rings. The van der Waals surface area contributed by atoms with Crippen molar-refractivity contribution in [3.05, 3.63) is 53.5 Å². The first-order chi connectivity index (χ1) is 14.5. The van der Waals surface area contributed by atoms with Crippen LogP contribution in [0.4, 0.5) is 5.69 Å². The molecular formula is C20H20N4O4S2. The number of para-hydroxylation sites is 1. The molecule has 0 atom stereocenters. The Labute approximate surface area is 178 Å². The lowest BCUT2D eigenvalue weighted by molar-refractivity contribution is -0.121. The molecule has 30 heavy (non-hydrogen) atoms. The van der Waals surface area contributed by atoms with Gasteiger partial charge < -0.3 is 10.1 Å². The highest BCUT2D eigenvalue weighted by Crippen LogP contribution is 2.22. The minimum Gasteiger partial charge on any atom is -0.364 e. The summed E-state index contributed by atoms with van der Waals surface area (Å²) in [6.07, 6.45) is 1.45. The maximum atomic E-state index is 12.5. The van der Waals surface area contributed by atoms with Crippen LogP contribution < -0.4 is 10.0 Å². The molecule has 1 aliphatic rings. The zero-order valence-electron chi connectivity index (χ0n) is 16.0. The standard InChI is InChI=1S/C20H20N4O4S2/c25-19(12-28-13-20-23-16-7-1-2-8-17(16)29-20)22-14-5-3-6-15(11-14)30(26,27)24-18-9-4-10-21-18/h1-3,5-8,11H,4,9-10,12-13H2,(H,21,24)(H,22,25). The second-order valence-electron chi connectivity index (χ2n) is 6.68. The fraction of sp³-hybridized carbons (Fsp3) is 0.250. The normalized spacial score (nSPS) is 13.9. The van der Waals surface area contributed by atoms with E-state index in [1.165, 1.54) is 23.5 Å². The molecule has 2 N–H and O–H groups in total. The Bertz CT molecular complexity index is 1170. The maximum absolute atomic E-state index is 12.5. The van der Waals surface area contributed by atoms with Crippen LogP contribution in [0, 0.1) is 0 Å². The molecule has 0 unspecified atom stereocenters. The number of aliphatic imine (C=N–C) groups is 1. The summed E-state index contributed by atoms with van der Waals surface area (Å²) >= 11 is 1.52. The molecule has 0 bridgehead atoms. The van der Waals surface area contributed by atoms with Crippen molar-refractivity contribution < 1.29 is 17.9 Å². The SMILES string of the molecule is O=C(COCc1nc2ccccc2s1)Nc1cccc(S(=O)(=O)NC2=NCCC2)c1. The van der Waals surface area contributed by atoms with Gasteiger partial charge in [0.25, 0.3) is 10.0 Å². The summed E-state index contributed by atoms with van der Waals surface area (Å²) in [5.41, 5.74) is 1.28. The topological polar surface area (TPSA) is 110 Å². The van der Waals surface area contributed by atoms with Gasteiger partial charge in [0.05, 0.1) is 21.7 Å². The third-order valence-electron chi connectivity index (χ3n) is 4.35. The molecule has 1 amide bonds. The van der Waals surface area contributed by atoms with Gasteiger partial charge in [-0.1, -0.05) is 18.2 Å². The number of sulfonamides is 1. The van der Waals surface area contributed by atoms with Crippen LogP contribution in [0.5, 0.6) is 0 Å². The first kappa shape index (κ1) is 20.5. The first-order valence-electron chi connectivity index (χ1n) is 9.38. The Balaban J connectivity index is 1.32. The van der Waals surface area contributed by atoms with E-state index in [1.807, 2.05) is 24.3 Å². The van der Waals surface area contributed by atoms with Gasteiger partial charge in [0.15, 0.2) is 0 Å². The minimum absolute atomic E-state index is 0.0605. The van der Waals surface area contributed by atoms with E-state index in [9.17, 15) is 13.2 Å². The second kappa shape index (κ2) is 8.90. The molecule has 156 valence electrons. The largest absolute Gasteiger partial charge is 0.364 e. The number of rotatable bonds is 7. The molecule has 8 nitrogen and oxygen atoms in total. The summed E-state index contributed by atoms with van der Waals surface area (Å²) in [5, 5.41) is 3.45. The zero-order chi connectivity index (χ0) is 21.0. The Morgan fingerprint density at radius 1 is 1.17 bits per heavy atom. The number of carbonyl (C=O) groups is 1. The zero-order valence-corrected chi connectivity index (χ0v) is 17.6. The summed E-state index contributed by atoms with van der Waals surface area (Å²) in [6, 6.07) is 13.9. The van der Waals surface area contributed by atoms with Crippen LogP contribution in [0.1, 0.15) is 17.8 Å². The highest BCUT2D eigenvalue weighted by molar-refractivity contribution is 7.90. The highest BCUT2D eigenvalue weighted by atomic mass is 32.2. The lowest BCUT2D eigenvalue weighted by Crippen LogP contribution is -2.29. The van der Waals surface area contributed by atoms with Crippen molar-refractivity contribution in [2.75, 3.05) is 18.5 Å². The number of nitrogens with zero attached hydrogens (tertiary/aromatic N) is 2. The van der Waals surface area contributed by atoms with E-state index in [0.717, 1.165) is 21.6 Å². The van der Waals surface area contributed by atoms with Crippen molar-refractivity contribution in [2.24, 2.45) is 4.99 Å². The van der Waals surface area contributed by atoms with Gasteiger partial charge in [-0.25, -0.2) is 13.4 Å². The summed E-state index contributed by atoms with van der Waals surface area (Å²) in [7, 11) is -3.74. The van der Waals surface area contributed by atoms with Crippen molar-refractivity contribution >= 4 is 49.0 Å². The Kier molecular flexibility index (Phi) is 6.07. The highest BCUT2D eigenvalue weighted by Gasteiger charge is 2.18. The summed E-state index contributed by atoms with van der Waals surface area (Å²) in [4.78, 5) is 20.8. The number of benzene rings is 2. The Morgan fingerprint density at radius 2 is 2.03 bits per heavy atom. The van der Waals surface area contributed by atoms with Crippen LogP contribution >= 0.6 is 11.3 Å². The van der Waals surface area contributed by atoms with Gasteiger partial charge in [-0.05, 0) is 36.8 Å². The average Bonchev–Trinajstić information content (AvgIpc) is 3.37. The molecule has 0 fully saturated rings. The molecule has 10 heteroatoms. The van der Waals surface area contributed by atoms with E-state index in [-0.39, 0.29) is 24.0 Å². The van der Waals surface area contributed by atoms with Gasteiger partial charge >= 0.3 is 0 Å². The summed E-state index contributed by atoms with van der Waals surface area (Å²) < 4.78 is 34.0. The van der Waals surface area contributed by atoms with E-state index < -0.39 is 10.0 Å². The molecule has 1 aromatic heterocycles. The van der Waals surface area contributed by atoms with Gasteiger partial charge in [0, 0.05) is 18.7 Å². The predicted octanol–water partition coefficient (Wildman–Crippen LogP) is 2.92. The Morgan fingerprint density at radius 3 is 2.83 bits per heavy atom. The predicted molar refractivity (Wildman–Crippen MR) is 116 cm³/mol. The average molecular weight is 445 g/mol. The molecule has 4 rings (SSSR count). The molecule has 1 aliphatic heterocycles. The fourth-order valence-electron chi connectivity index (χ4n) is 2.99. The summed E-state index contributed by atoms with van der Waals surface area (Å²) in [5.74, 6) is 0.0893. The van der Waals surface area contributed by atoms with Crippen LogP contribution in [0.2, 0.25) is 0 Å². The first-order valence-corrected chi connectivity index (χ1v) is 11.7. The van der Waals surface area contributed by atoms with Gasteiger partial charge in [-0.3, -0.25) is 14.5 Å². The Hall–Kier alpha value is -2.82. The second-order valence-corrected chi connectivity index (χ2v) is 9.48. The van der Waals surface area contributed by atoms with Gasteiger partial charge in [0.2, 0.25) is 5.91 Å². The van der Waals surface area contributed by atoms with Crippen LogP contribution in [0.3, 0.4) is 0 Å². The van der Waals surface area contributed by atoms with Crippen LogP contribution in [0.15, 0.2) is 58.4 Å². The number of nitrogens with one attached hydrogen (secondary N) is 2. The molecule has 0 spiro atoms. The third-order valence-corrected chi connectivity index (χ3v) is 6.74. The van der Waals surface area contributed by atoms with E-state index in [1.54, 1.807) is 12.1 Å². The number of thiazole rings is 1. The molecule has 0 saturated carbocycles. The van der Waals surface area contributed by atoms with Gasteiger partial charge in [0.1, 0.15) is 17.5 Å². The van der Waals surface area contributed by atoms with Crippen molar-refractivity contribution in [1.29, 1.82) is 0 Å². The van der Waals surface area contributed by atoms with Crippen LogP contribution in [0.25, 0.3) is 10.2 Å². The number of hydrogen-bond donors (Lipinski definition) is 2. The van der Waals surface area contributed by atoms with E-state index >= 15 is 0 Å². The lowest BCUT2D eigenvalue weighted by atomic mass is 10.3. The van der Waals surface area contributed by atoms with Crippen molar-refractivity contribution in [2.45, 2.75) is 24.3 Å². The van der Waals surface area contributed by atoms with E-state index in [2.05, 4.69) is 20.0 Å². The molecular weight excluding hydrogens is 424 g/mol. The van der Waals surface area contributed by atoms with E-state index in [0.29, 0.717) is 24.5 Å². The molecule has 2 aromatic carbocycles. The fourth-order valence-corrected chi connectivity index (χ4v) is 5.03. The molecule has 0 aliphatic carbocycles. The maximum Gasteiger partial charge on any atom is 0.262 e. The quantitative estimate of drug-likeness (QED) is 0.582. The number of ether oxygens (including phenoxy) is 1. The number of amides is 1. The number of aromatic nitrogens is 1. The number of hydrogen-bond acceptors (Lipinski definition) is 7. The number of amidine groups is 1. The van der Waals surface area contributed by atoms with Gasteiger partial charge in [-0.2, -0.15) is 0 Å². The number of carbonyl (C=O) groups excluding carboxylic acids is 1. The number of fused-ring (bicyclic) bond motifs is 1. The van der Waals surface area contributed by atoms with Crippen molar-refractivity contribution in [1.82, 2.24) is 9.71 Å². The lowest BCUT2D eigenvalue weighted by Gasteiger charge is -2.10. The molecule has 0 radical (unpaired) electrons. The number of anilines is 1. The monoisotopic (exact) mass is 444 g/mol. The van der Waals surface area contributed by atoms with Gasteiger partial charge in [-0.15, -0.1) is 11.3 Å². The molecule has 2 heterocycles. The van der Waals surface area contributed by atoms with Crippen LogP contribution in [-0.2, 0) is 26.2 Å². The molecule has 0 saturated heterocycles. The van der Waals surface area contributed by atoms with E-state index in [4.69, 9.17) is 4.74 Å².